The summed E-state index contributed by atoms with van der Waals surface area (Å²) in [5, 5.41) is 13.7. The molecule has 0 aliphatic rings. The van der Waals surface area contributed by atoms with Gasteiger partial charge in [0.15, 0.2) is 5.69 Å². The first-order valence-corrected chi connectivity index (χ1v) is 3.94. The fourth-order valence-electron chi connectivity index (χ4n) is 1.17. The molecule has 0 radical (unpaired) electrons. The zero-order valence-electron chi connectivity index (χ0n) is 7.44. The predicted molar refractivity (Wildman–Crippen MR) is 42.3 cm³/mol. The van der Waals surface area contributed by atoms with Gasteiger partial charge in [0.25, 0.3) is 0 Å². The van der Waals surface area contributed by atoms with Gasteiger partial charge in [-0.3, -0.25) is 5.10 Å². The summed E-state index contributed by atoms with van der Waals surface area (Å²) in [6.45, 7) is 1.51. The van der Waals surface area contributed by atoms with Crippen LogP contribution in [0, 0.1) is 18.3 Å². The highest BCUT2D eigenvalue weighted by molar-refractivity contribution is 5.27. The van der Waals surface area contributed by atoms with E-state index in [0.717, 1.165) is 0 Å². The number of rotatable bonds is 2. The van der Waals surface area contributed by atoms with E-state index in [1.54, 1.807) is 6.07 Å². The highest BCUT2D eigenvalue weighted by Gasteiger charge is 2.36. The van der Waals surface area contributed by atoms with Crippen LogP contribution in [0.25, 0.3) is 0 Å². The summed E-state index contributed by atoms with van der Waals surface area (Å²) in [7, 11) is 0. The van der Waals surface area contributed by atoms with Crippen molar-refractivity contribution in [2.75, 3.05) is 0 Å². The van der Waals surface area contributed by atoms with E-state index >= 15 is 0 Å². The van der Waals surface area contributed by atoms with Crippen molar-refractivity contribution < 1.29 is 13.2 Å². The van der Waals surface area contributed by atoms with Crippen LogP contribution in [0.2, 0.25) is 0 Å². The van der Waals surface area contributed by atoms with Crippen LogP contribution < -0.4 is 0 Å². The molecule has 1 heterocycles. The number of nitrogens with zero attached hydrogens (tertiary/aromatic N) is 2. The fraction of sp³-hybridized carbons (Fsp3) is 0.500. The first-order valence-electron chi connectivity index (χ1n) is 3.94. The molecule has 14 heavy (non-hydrogen) atoms. The molecule has 0 saturated heterocycles. The van der Waals surface area contributed by atoms with Gasteiger partial charge in [0.2, 0.25) is 0 Å². The van der Waals surface area contributed by atoms with E-state index in [4.69, 9.17) is 5.26 Å². The molecule has 1 N–H and O–H groups in total. The Kier molecular flexibility index (Phi) is 2.79. The van der Waals surface area contributed by atoms with Crippen LogP contribution in [-0.4, -0.2) is 10.2 Å². The summed E-state index contributed by atoms with van der Waals surface area (Å²) in [5.74, 6) is 0. The minimum atomic E-state index is -4.45. The molecular formula is C8H8F3N3. The summed E-state index contributed by atoms with van der Waals surface area (Å²) < 4.78 is 37.0. The van der Waals surface area contributed by atoms with Crippen molar-refractivity contribution in [3.05, 3.63) is 17.0 Å². The van der Waals surface area contributed by atoms with E-state index < -0.39 is 11.9 Å². The number of hydrogen-bond donors (Lipinski definition) is 1. The average molecular weight is 203 g/mol. The molecule has 3 nitrogen and oxygen atoms in total. The van der Waals surface area contributed by atoms with Gasteiger partial charge in [-0.15, -0.1) is 0 Å². The molecule has 0 unspecified atom stereocenters. The van der Waals surface area contributed by atoms with Gasteiger partial charge in [0.1, 0.15) is 0 Å². The van der Waals surface area contributed by atoms with Crippen LogP contribution in [-0.2, 0) is 12.6 Å². The molecule has 1 rings (SSSR count). The number of halogens is 3. The number of alkyl halides is 3. The molecule has 0 atom stereocenters. The van der Waals surface area contributed by atoms with Gasteiger partial charge >= 0.3 is 6.18 Å². The third kappa shape index (κ3) is 2.05. The van der Waals surface area contributed by atoms with Crippen molar-refractivity contribution in [3.63, 3.8) is 0 Å². The van der Waals surface area contributed by atoms with E-state index in [1.807, 2.05) is 0 Å². The molecular weight excluding hydrogens is 195 g/mol. The summed E-state index contributed by atoms with van der Waals surface area (Å²) in [5.41, 5.74) is -0.461. The second kappa shape index (κ2) is 3.70. The third-order valence-electron chi connectivity index (χ3n) is 1.83. The van der Waals surface area contributed by atoms with Crippen molar-refractivity contribution in [3.8, 4) is 6.07 Å². The molecule has 6 heteroatoms. The van der Waals surface area contributed by atoms with E-state index in [0.29, 0.717) is 5.69 Å². The summed E-state index contributed by atoms with van der Waals surface area (Å²) in [6.07, 6.45) is -4.31. The zero-order chi connectivity index (χ0) is 10.8. The van der Waals surface area contributed by atoms with Gasteiger partial charge in [-0.25, -0.2) is 0 Å². The summed E-state index contributed by atoms with van der Waals surface area (Å²) in [6, 6.07) is 1.80. The maximum absolute atomic E-state index is 12.3. The Labute approximate surface area is 78.5 Å². The Morgan fingerprint density at radius 1 is 1.50 bits per heavy atom. The van der Waals surface area contributed by atoms with Crippen LogP contribution in [0.4, 0.5) is 13.2 Å². The molecule has 0 aliphatic carbocycles. The smallest absolute Gasteiger partial charge is 0.282 e. The van der Waals surface area contributed by atoms with Gasteiger partial charge in [0.05, 0.1) is 6.07 Å². The number of aromatic amines is 1. The second-order valence-electron chi connectivity index (χ2n) is 2.83. The quantitative estimate of drug-likeness (QED) is 0.800. The van der Waals surface area contributed by atoms with E-state index in [9.17, 15) is 13.2 Å². The normalized spacial score (nSPS) is 11.4. The first-order chi connectivity index (χ1) is 6.46. The van der Waals surface area contributed by atoms with Gasteiger partial charge in [-0.05, 0) is 13.3 Å². The van der Waals surface area contributed by atoms with Gasteiger partial charge in [-0.1, -0.05) is 0 Å². The Morgan fingerprint density at radius 2 is 2.14 bits per heavy atom. The minimum Gasteiger partial charge on any atom is -0.282 e. The van der Waals surface area contributed by atoms with Crippen molar-refractivity contribution >= 4 is 0 Å². The molecule has 1 aromatic heterocycles. The highest BCUT2D eigenvalue weighted by Crippen LogP contribution is 2.31. The largest absolute Gasteiger partial charge is 0.435 e. The molecule has 0 bridgehead atoms. The fourth-order valence-corrected chi connectivity index (χ4v) is 1.17. The van der Waals surface area contributed by atoms with Crippen molar-refractivity contribution in [1.82, 2.24) is 10.2 Å². The van der Waals surface area contributed by atoms with E-state index in [1.165, 1.54) is 6.92 Å². The predicted octanol–water partition coefficient (Wildman–Crippen LogP) is 2.19. The SMILES string of the molecule is Cc1[nH]nc(C(F)(F)F)c1CCC#N. The number of nitrogens with one attached hydrogen (secondary N) is 1. The van der Waals surface area contributed by atoms with Gasteiger partial charge in [0, 0.05) is 17.7 Å². The lowest BCUT2D eigenvalue weighted by Gasteiger charge is -2.04. The molecule has 0 aliphatic heterocycles. The molecule has 0 saturated carbocycles. The third-order valence-corrected chi connectivity index (χ3v) is 1.83. The standard InChI is InChI=1S/C8H8F3N3/c1-5-6(3-2-4-12)7(14-13-5)8(9,10)11/h2-3H2,1H3,(H,13,14). The van der Waals surface area contributed by atoms with E-state index in [-0.39, 0.29) is 18.4 Å². The Morgan fingerprint density at radius 3 is 2.64 bits per heavy atom. The topological polar surface area (TPSA) is 52.5 Å². The molecule has 0 spiro atoms. The van der Waals surface area contributed by atoms with Crippen molar-refractivity contribution in [1.29, 1.82) is 5.26 Å². The maximum Gasteiger partial charge on any atom is 0.435 e. The molecule has 0 amide bonds. The number of aryl methyl sites for hydroxylation is 1. The van der Waals surface area contributed by atoms with Crippen LogP contribution >= 0.6 is 0 Å². The minimum absolute atomic E-state index is 0.0590. The van der Waals surface area contributed by atoms with Crippen LogP contribution in [0.15, 0.2) is 0 Å². The number of hydrogen-bond acceptors (Lipinski definition) is 2. The number of H-pyrrole nitrogens is 1. The first kappa shape index (κ1) is 10.6. The van der Waals surface area contributed by atoms with E-state index in [2.05, 4.69) is 10.2 Å². The van der Waals surface area contributed by atoms with Crippen molar-refractivity contribution in [2.45, 2.75) is 25.9 Å². The molecule has 76 valence electrons. The lowest BCUT2D eigenvalue weighted by molar-refractivity contribution is -0.141. The Bertz CT molecular complexity index is 359. The van der Waals surface area contributed by atoms with Gasteiger partial charge in [-0.2, -0.15) is 23.5 Å². The second-order valence-corrected chi connectivity index (χ2v) is 2.83. The molecule has 0 aromatic carbocycles. The zero-order valence-corrected chi connectivity index (χ0v) is 7.44. The highest BCUT2D eigenvalue weighted by atomic mass is 19.4. The number of aromatic nitrogens is 2. The number of nitriles is 1. The molecule has 0 fully saturated rings. The Hall–Kier alpha value is -1.51. The summed E-state index contributed by atoms with van der Waals surface area (Å²) in [4.78, 5) is 0. The van der Waals surface area contributed by atoms with Crippen molar-refractivity contribution in [2.24, 2.45) is 0 Å². The summed E-state index contributed by atoms with van der Waals surface area (Å²) >= 11 is 0. The maximum atomic E-state index is 12.3. The van der Waals surface area contributed by atoms with Crippen LogP contribution in [0.3, 0.4) is 0 Å². The lowest BCUT2D eigenvalue weighted by atomic mass is 10.1. The monoisotopic (exact) mass is 203 g/mol. The van der Waals surface area contributed by atoms with Crippen LogP contribution in [0.5, 0.6) is 0 Å². The molecule has 1 aromatic rings. The van der Waals surface area contributed by atoms with Crippen LogP contribution in [0.1, 0.15) is 23.4 Å². The Balaban J connectivity index is 3.02. The lowest BCUT2D eigenvalue weighted by Crippen LogP contribution is -2.09. The average Bonchev–Trinajstić information content (AvgIpc) is 2.42. The van der Waals surface area contributed by atoms with Gasteiger partial charge < -0.3 is 0 Å².